The maximum absolute atomic E-state index is 11.5. The molecule has 3 nitrogen and oxygen atoms in total. The molecule has 1 heterocycles. The number of rotatable bonds is 4. The molecule has 0 fully saturated rings. The molecule has 17 heavy (non-hydrogen) atoms. The number of aromatic nitrogens is 1. The number of nitrogens with zero attached hydrogens (tertiary/aromatic N) is 1. The Morgan fingerprint density at radius 3 is 3.06 bits per heavy atom. The van der Waals surface area contributed by atoms with Crippen LogP contribution in [0.3, 0.4) is 0 Å². The van der Waals surface area contributed by atoms with Crippen LogP contribution in [-0.4, -0.2) is 25.4 Å². The molecule has 0 aromatic carbocycles. The number of hydrogen-bond acceptors (Lipinski definition) is 2. The normalized spacial score (nSPS) is 21.2. The number of aryl methyl sites for hydroxylation is 1. The van der Waals surface area contributed by atoms with Crippen LogP contribution in [0, 0.1) is 6.92 Å². The molecule has 1 aromatic heterocycles. The summed E-state index contributed by atoms with van der Waals surface area (Å²) in [6, 6.07) is 2.09. The zero-order chi connectivity index (χ0) is 12.4. The van der Waals surface area contributed by atoms with Crippen molar-refractivity contribution in [1.82, 2.24) is 4.57 Å². The second-order valence-corrected chi connectivity index (χ2v) is 6.55. The molecule has 4 heteroatoms. The molecule has 1 N–H and O–H groups in total. The van der Waals surface area contributed by atoms with Gasteiger partial charge in [0.25, 0.3) is 0 Å². The molecule has 96 valence electrons. The van der Waals surface area contributed by atoms with Gasteiger partial charge in [-0.2, -0.15) is 0 Å². The van der Waals surface area contributed by atoms with Gasteiger partial charge in [0.05, 0.1) is 6.10 Å². The molecule has 2 atom stereocenters. The van der Waals surface area contributed by atoms with E-state index in [9.17, 15) is 9.32 Å². The summed E-state index contributed by atoms with van der Waals surface area (Å²) < 4.78 is 13.7. The summed E-state index contributed by atoms with van der Waals surface area (Å²) in [7, 11) is -0.713. The van der Waals surface area contributed by atoms with E-state index in [4.69, 9.17) is 0 Å². The van der Waals surface area contributed by atoms with Crippen molar-refractivity contribution in [3.63, 3.8) is 0 Å². The standard InChI is InChI=1S/C13H21NO2S/c1-3-17(16)8-7-14-10(2)9-11-12(14)5-4-6-13(11)15/h9,13,15H,3-8H2,1-2H3. The van der Waals surface area contributed by atoms with Gasteiger partial charge in [-0.1, -0.05) is 6.92 Å². The van der Waals surface area contributed by atoms with Crippen LogP contribution in [0.25, 0.3) is 0 Å². The second-order valence-electron chi connectivity index (χ2n) is 4.68. The quantitative estimate of drug-likeness (QED) is 0.893. The summed E-state index contributed by atoms with van der Waals surface area (Å²) in [4.78, 5) is 0. The third kappa shape index (κ3) is 2.63. The first-order chi connectivity index (χ1) is 8.13. The lowest BCUT2D eigenvalue weighted by molar-refractivity contribution is 0.155. The first-order valence-corrected chi connectivity index (χ1v) is 7.84. The highest BCUT2D eigenvalue weighted by Gasteiger charge is 2.22. The third-order valence-corrected chi connectivity index (χ3v) is 4.85. The molecular weight excluding hydrogens is 234 g/mol. The molecule has 0 saturated heterocycles. The maximum atomic E-state index is 11.5. The van der Waals surface area contributed by atoms with Crippen LogP contribution in [0.1, 0.15) is 42.8 Å². The van der Waals surface area contributed by atoms with Crippen LogP contribution >= 0.6 is 0 Å². The van der Waals surface area contributed by atoms with Crippen molar-refractivity contribution in [2.24, 2.45) is 0 Å². The van der Waals surface area contributed by atoms with E-state index >= 15 is 0 Å². The fraction of sp³-hybridized carbons (Fsp3) is 0.692. The predicted octanol–water partition coefficient (Wildman–Crippen LogP) is 1.93. The van der Waals surface area contributed by atoms with E-state index in [1.165, 1.54) is 11.4 Å². The van der Waals surface area contributed by atoms with Gasteiger partial charge < -0.3 is 9.67 Å². The van der Waals surface area contributed by atoms with Gasteiger partial charge in [-0.3, -0.25) is 4.21 Å². The fourth-order valence-electron chi connectivity index (χ4n) is 2.59. The first kappa shape index (κ1) is 12.8. The molecule has 0 spiro atoms. The number of aliphatic hydroxyl groups is 1. The molecule has 0 saturated carbocycles. The summed E-state index contributed by atoms with van der Waals surface area (Å²) in [5.41, 5.74) is 3.54. The van der Waals surface area contributed by atoms with Crippen LogP contribution in [0.15, 0.2) is 6.07 Å². The van der Waals surface area contributed by atoms with Crippen LogP contribution in [0.5, 0.6) is 0 Å². The molecule has 1 aliphatic carbocycles. The van der Waals surface area contributed by atoms with Crippen LogP contribution in [0.4, 0.5) is 0 Å². The summed E-state index contributed by atoms with van der Waals surface area (Å²) in [6.45, 7) is 4.84. The van der Waals surface area contributed by atoms with E-state index in [0.29, 0.717) is 5.75 Å². The lowest BCUT2D eigenvalue weighted by Crippen LogP contribution is -2.16. The number of fused-ring (bicyclic) bond motifs is 1. The van der Waals surface area contributed by atoms with Crippen molar-refractivity contribution < 1.29 is 9.32 Å². The van der Waals surface area contributed by atoms with E-state index in [2.05, 4.69) is 17.6 Å². The molecule has 2 rings (SSSR count). The Hall–Kier alpha value is -0.610. The first-order valence-electron chi connectivity index (χ1n) is 6.35. The average Bonchev–Trinajstić information content (AvgIpc) is 2.64. The minimum Gasteiger partial charge on any atom is -0.388 e. The van der Waals surface area contributed by atoms with E-state index in [-0.39, 0.29) is 6.10 Å². The summed E-state index contributed by atoms with van der Waals surface area (Å²) >= 11 is 0. The molecule has 0 bridgehead atoms. The highest BCUT2D eigenvalue weighted by molar-refractivity contribution is 7.84. The number of aliphatic hydroxyl groups excluding tert-OH is 1. The smallest absolute Gasteiger partial charge is 0.0807 e. The van der Waals surface area contributed by atoms with E-state index in [1.54, 1.807) is 0 Å². The van der Waals surface area contributed by atoms with Crippen molar-refractivity contribution in [3.05, 3.63) is 23.0 Å². The van der Waals surface area contributed by atoms with Crippen molar-refractivity contribution in [1.29, 1.82) is 0 Å². The molecule has 1 aliphatic rings. The van der Waals surface area contributed by atoms with Crippen molar-refractivity contribution in [2.75, 3.05) is 11.5 Å². The highest BCUT2D eigenvalue weighted by atomic mass is 32.2. The molecule has 0 amide bonds. The summed E-state index contributed by atoms with van der Waals surface area (Å²) in [5.74, 6) is 1.44. The van der Waals surface area contributed by atoms with Gasteiger partial charge in [0.2, 0.25) is 0 Å². The lowest BCUT2D eigenvalue weighted by atomic mass is 9.95. The Bertz CT molecular complexity index is 425. The Kier molecular flexibility index (Phi) is 4.05. The van der Waals surface area contributed by atoms with Crippen LogP contribution in [0.2, 0.25) is 0 Å². The van der Waals surface area contributed by atoms with Crippen LogP contribution in [-0.2, 0) is 23.8 Å². The molecule has 2 unspecified atom stereocenters. The zero-order valence-electron chi connectivity index (χ0n) is 10.6. The monoisotopic (exact) mass is 255 g/mol. The van der Waals surface area contributed by atoms with Crippen molar-refractivity contribution >= 4 is 10.8 Å². The molecule has 0 radical (unpaired) electrons. The summed E-state index contributed by atoms with van der Waals surface area (Å²) in [6.07, 6.45) is 2.67. The molecule has 0 aliphatic heterocycles. The zero-order valence-corrected chi connectivity index (χ0v) is 11.4. The molecule has 1 aromatic rings. The van der Waals surface area contributed by atoms with E-state index in [0.717, 1.165) is 37.1 Å². The Morgan fingerprint density at radius 2 is 2.35 bits per heavy atom. The van der Waals surface area contributed by atoms with Crippen LogP contribution < -0.4 is 0 Å². The van der Waals surface area contributed by atoms with Gasteiger partial charge in [0, 0.05) is 45.8 Å². The second kappa shape index (κ2) is 5.36. The molecular formula is C13H21NO2S. The van der Waals surface area contributed by atoms with Gasteiger partial charge in [0.15, 0.2) is 0 Å². The Balaban J connectivity index is 2.19. The van der Waals surface area contributed by atoms with Crippen molar-refractivity contribution in [3.8, 4) is 0 Å². The number of hydrogen-bond donors (Lipinski definition) is 1. The Labute approximate surface area is 105 Å². The van der Waals surface area contributed by atoms with E-state index < -0.39 is 10.8 Å². The SMILES string of the molecule is CCS(=O)CCn1c(C)cc2c1CCCC2O. The minimum atomic E-state index is -0.713. The topological polar surface area (TPSA) is 42.2 Å². The largest absolute Gasteiger partial charge is 0.388 e. The average molecular weight is 255 g/mol. The third-order valence-electron chi connectivity index (χ3n) is 3.56. The maximum Gasteiger partial charge on any atom is 0.0807 e. The van der Waals surface area contributed by atoms with Gasteiger partial charge in [-0.15, -0.1) is 0 Å². The van der Waals surface area contributed by atoms with Gasteiger partial charge in [-0.25, -0.2) is 0 Å². The van der Waals surface area contributed by atoms with Gasteiger partial charge >= 0.3 is 0 Å². The predicted molar refractivity (Wildman–Crippen MR) is 70.6 cm³/mol. The van der Waals surface area contributed by atoms with Crippen molar-refractivity contribution in [2.45, 2.75) is 45.8 Å². The minimum absolute atomic E-state index is 0.296. The Morgan fingerprint density at radius 1 is 1.59 bits per heavy atom. The summed E-state index contributed by atoms with van der Waals surface area (Å²) in [5, 5.41) is 9.95. The van der Waals surface area contributed by atoms with Gasteiger partial charge in [-0.05, 0) is 32.3 Å². The van der Waals surface area contributed by atoms with Gasteiger partial charge in [0.1, 0.15) is 0 Å². The van der Waals surface area contributed by atoms with E-state index in [1.807, 2.05) is 6.92 Å². The highest BCUT2D eigenvalue weighted by Crippen LogP contribution is 2.32. The fourth-order valence-corrected chi connectivity index (χ4v) is 3.26. The lowest BCUT2D eigenvalue weighted by Gasteiger charge is -2.20.